The molecule has 0 fully saturated rings. The van der Waals surface area contributed by atoms with Gasteiger partial charge < -0.3 is 10.4 Å². The lowest BCUT2D eigenvalue weighted by Crippen LogP contribution is -2.31. The first-order valence-electron chi connectivity index (χ1n) is 6.79. The van der Waals surface area contributed by atoms with Crippen molar-refractivity contribution in [2.24, 2.45) is 0 Å². The topological polar surface area (TPSA) is 32.3 Å². The van der Waals surface area contributed by atoms with Gasteiger partial charge >= 0.3 is 0 Å². The predicted octanol–water partition coefficient (Wildman–Crippen LogP) is 3.39. The minimum Gasteiger partial charge on any atom is -0.387 e. The van der Waals surface area contributed by atoms with E-state index in [1.54, 1.807) is 0 Å². The van der Waals surface area contributed by atoms with Crippen LogP contribution in [0.15, 0.2) is 54.6 Å². The van der Waals surface area contributed by atoms with Crippen LogP contribution in [0, 0.1) is 0 Å². The SMILES string of the molecule is CCNC(C)C(O)c1ccc(-c2ccccc2)cc1. The highest BCUT2D eigenvalue weighted by molar-refractivity contribution is 5.63. The van der Waals surface area contributed by atoms with Crippen LogP contribution in [0.2, 0.25) is 0 Å². The summed E-state index contributed by atoms with van der Waals surface area (Å²) in [5.74, 6) is 0. The molecule has 0 aliphatic heterocycles. The lowest BCUT2D eigenvalue weighted by atomic mass is 9.99. The van der Waals surface area contributed by atoms with Gasteiger partial charge in [0.25, 0.3) is 0 Å². The van der Waals surface area contributed by atoms with Crippen molar-refractivity contribution in [3.05, 3.63) is 60.2 Å². The summed E-state index contributed by atoms with van der Waals surface area (Å²) < 4.78 is 0. The van der Waals surface area contributed by atoms with Crippen molar-refractivity contribution < 1.29 is 5.11 Å². The van der Waals surface area contributed by atoms with E-state index in [1.807, 2.05) is 44.2 Å². The van der Waals surface area contributed by atoms with Crippen molar-refractivity contribution in [2.75, 3.05) is 6.54 Å². The fourth-order valence-corrected chi connectivity index (χ4v) is 2.23. The van der Waals surface area contributed by atoms with E-state index in [4.69, 9.17) is 0 Å². The maximum absolute atomic E-state index is 10.2. The van der Waals surface area contributed by atoms with Gasteiger partial charge in [0, 0.05) is 6.04 Å². The van der Waals surface area contributed by atoms with Gasteiger partial charge in [-0.3, -0.25) is 0 Å². The van der Waals surface area contributed by atoms with Crippen LogP contribution in [0.1, 0.15) is 25.5 Å². The van der Waals surface area contributed by atoms with Crippen LogP contribution in [0.25, 0.3) is 11.1 Å². The summed E-state index contributed by atoms with van der Waals surface area (Å²) in [6, 6.07) is 18.4. The van der Waals surface area contributed by atoms with Gasteiger partial charge in [0.2, 0.25) is 0 Å². The average molecular weight is 255 g/mol. The molecule has 2 heteroatoms. The zero-order valence-corrected chi connectivity index (χ0v) is 11.5. The van der Waals surface area contributed by atoms with Crippen molar-refractivity contribution in [2.45, 2.75) is 26.0 Å². The number of benzene rings is 2. The molecule has 0 bridgehead atoms. The normalized spacial score (nSPS) is 14.1. The zero-order valence-electron chi connectivity index (χ0n) is 11.5. The van der Waals surface area contributed by atoms with Gasteiger partial charge in [0.05, 0.1) is 6.10 Å². The Bertz CT molecular complexity index is 492. The van der Waals surface area contributed by atoms with Crippen LogP contribution in [-0.2, 0) is 0 Å². The van der Waals surface area contributed by atoms with Crippen LogP contribution in [0.3, 0.4) is 0 Å². The standard InChI is InChI=1S/C17H21NO/c1-3-18-13(2)17(19)16-11-9-15(10-12-16)14-7-5-4-6-8-14/h4-13,17-19H,3H2,1-2H3. The monoisotopic (exact) mass is 255 g/mol. The Labute approximate surface area is 115 Å². The molecule has 2 nitrogen and oxygen atoms in total. The second-order valence-electron chi connectivity index (χ2n) is 4.78. The number of nitrogens with one attached hydrogen (secondary N) is 1. The fourth-order valence-electron chi connectivity index (χ4n) is 2.23. The molecule has 0 aromatic heterocycles. The van der Waals surface area contributed by atoms with Crippen LogP contribution < -0.4 is 5.32 Å². The summed E-state index contributed by atoms with van der Waals surface area (Å²) in [6.45, 7) is 4.90. The first-order valence-corrected chi connectivity index (χ1v) is 6.79. The first kappa shape index (κ1) is 13.8. The Balaban J connectivity index is 2.15. The Morgan fingerprint density at radius 3 is 2.11 bits per heavy atom. The van der Waals surface area contributed by atoms with Gasteiger partial charge in [-0.05, 0) is 30.2 Å². The molecule has 0 saturated carbocycles. The highest BCUT2D eigenvalue weighted by Crippen LogP contribution is 2.23. The van der Waals surface area contributed by atoms with E-state index in [0.717, 1.165) is 12.1 Å². The van der Waals surface area contributed by atoms with Gasteiger partial charge in [-0.2, -0.15) is 0 Å². The molecule has 0 amide bonds. The smallest absolute Gasteiger partial charge is 0.0940 e. The average Bonchev–Trinajstić information content (AvgIpc) is 2.48. The Morgan fingerprint density at radius 2 is 1.53 bits per heavy atom. The molecule has 2 aromatic carbocycles. The number of aliphatic hydroxyl groups is 1. The number of hydrogen-bond acceptors (Lipinski definition) is 2. The molecule has 2 aromatic rings. The number of likely N-dealkylation sites (N-methyl/N-ethyl adjacent to an activating group) is 1. The summed E-state index contributed by atoms with van der Waals surface area (Å²) in [7, 11) is 0. The second kappa shape index (κ2) is 6.50. The molecular formula is C17H21NO. The molecule has 0 heterocycles. The number of rotatable bonds is 5. The maximum Gasteiger partial charge on any atom is 0.0940 e. The summed E-state index contributed by atoms with van der Waals surface area (Å²) >= 11 is 0. The summed E-state index contributed by atoms with van der Waals surface area (Å²) in [5, 5.41) is 13.5. The van der Waals surface area contributed by atoms with Crippen LogP contribution in [-0.4, -0.2) is 17.7 Å². The molecule has 0 aliphatic carbocycles. The molecular weight excluding hydrogens is 234 g/mol. The van der Waals surface area contributed by atoms with Gasteiger partial charge in [-0.25, -0.2) is 0 Å². The molecule has 0 aliphatic rings. The molecule has 2 N–H and O–H groups in total. The predicted molar refractivity (Wildman–Crippen MR) is 80.0 cm³/mol. The van der Waals surface area contributed by atoms with E-state index in [0.29, 0.717) is 0 Å². The van der Waals surface area contributed by atoms with E-state index in [-0.39, 0.29) is 6.04 Å². The molecule has 0 saturated heterocycles. The van der Waals surface area contributed by atoms with Crippen molar-refractivity contribution in [3.63, 3.8) is 0 Å². The number of aliphatic hydroxyl groups excluding tert-OH is 1. The Hall–Kier alpha value is -1.64. The lowest BCUT2D eigenvalue weighted by Gasteiger charge is -2.20. The number of hydrogen-bond donors (Lipinski definition) is 2. The molecule has 0 spiro atoms. The minimum atomic E-state index is -0.468. The highest BCUT2D eigenvalue weighted by atomic mass is 16.3. The molecule has 2 atom stereocenters. The second-order valence-corrected chi connectivity index (χ2v) is 4.78. The Morgan fingerprint density at radius 1 is 0.947 bits per heavy atom. The van der Waals surface area contributed by atoms with Crippen molar-refractivity contribution in [1.82, 2.24) is 5.32 Å². The minimum absolute atomic E-state index is 0.0626. The first-order chi connectivity index (χ1) is 9.22. The molecule has 100 valence electrons. The molecule has 19 heavy (non-hydrogen) atoms. The molecule has 2 unspecified atom stereocenters. The third kappa shape index (κ3) is 3.43. The summed E-state index contributed by atoms with van der Waals surface area (Å²) in [5.41, 5.74) is 3.32. The van der Waals surface area contributed by atoms with Gasteiger partial charge in [0.15, 0.2) is 0 Å². The lowest BCUT2D eigenvalue weighted by molar-refractivity contribution is 0.137. The van der Waals surface area contributed by atoms with Crippen molar-refractivity contribution >= 4 is 0 Å². The van der Waals surface area contributed by atoms with Crippen LogP contribution in [0.5, 0.6) is 0 Å². The summed E-state index contributed by atoms with van der Waals surface area (Å²) in [4.78, 5) is 0. The fraction of sp³-hybridized carbons (Fsp3) is 0.294. The van der Waals surface area contributed by atoms with Gasteiger partial charge in [-0.15, -0.1) is 0 Å². The van der Waals surface area contributed by atoms with Crippen molar-refractivity contribution in [3.8, 4) is 11.1 Å². The van der Waals surface area contributed by atoms with Crippen LogP contribution in [0.4, 0.5) is 0 Å². The maximum atomic E-state index is 10.2. The zero-order chi connectivity index (χ0) is 13.7. The van der Waals surface area contributed by atoms with Crippen LogP contribution >= 0.6 is 0 Å². The van der Waals surface area contributed by atoms with E-state index in [2.05, 4.69) is 29.6 Å². The molecule has 2 rings (SSSR count). The third-order valence-corrected chi connectivity index (χ3v) is 3.36. The molecule has 0 radical (unpaired) electrons. The Kier molecular flexibility index (Phi) is 4.72. The largest absolute Gasteiger partial charge is 0.387 e. The van der Waals surface area contributed by atoms with Gasteiger partial charge in [0.1, 0.15) is 0 Å². The summed E-state index contributed by atoms with van der Waals surface area (Å²) in [6.07, 6.45) is -0.468. The van der Waals surface area contributed by atoms with E-state index in [9.17, 15) is 5.11 Å². The van der Waals surface area contributed by atoms with E-state index < -0.39 is 6.10 Å². The van der Waals surface area contributed by atoms with E-state index >= 15 is 0 Å². The van der Waals surface area contributed by atoms with E-state index in [1.165, 1.54) is 11.1 Å². The third-order valence-electron chi connectivity index (χ3n) is 3.36. The van der Waals surface area contributed by atoms with Crippen molar-refractivity contribution in [1.29, 1.82) is 0 Å². The highest BCUT2D eigenvalue weighted by Gasteiger charge is 2.14. The quantitative estimate of drug-likeness (QED) is 0.858. The van der Waals surface area contributed by atoms with Gasteiger partial charge in [-0.1, -0.05) is 61.5 Å².